The van der Waals surface area contributed by atoms with E-state index in [1.807, 2.05) is 44.2 Å². The number of fused-ring (bicyclic) bond motifs is 1. The number of carbonyl (C=O) groups excluding carboxylic acids is 3. The number of nitrogens with one attached hydrogen (secondary N) is 1. The summed E-state index contributed by atoms with van der Waals surface area (Å²) in [6.07, 6.45) is 0.648. The third kappa shape index (κ3) is 6.37. The van der Waals surface area contributed by atoms with Crippen molar-refractivity contribution in [2.24, 2.45) is 0 Å². The third-order valence-electron chi connectivity index (χ3n) is 7.01. The average molecular weight is 582 g/mol. The quantitative estimate of drug-likeness (QED) is 0.361. The van der Waals surface area contributed by atoms with Crippen molar-refractivity contribution in [3.8, 4) is 0 Å². The molecule has 210 valence electrons. The summed E-state index contributed by atoms with van der Waals surface area (Å²) in [6, 6.07) is 21.4. The number of sulfonamides is 1. The highest BCUT2D eigenvalue weighted by molar-refractivity contribution is 7.90. The second kappa shape index (κ2) is 12.7. The normalized spacial score (nSPS) is 15.3. The van der Waals surface area contributed by atoms with E-state index in [0.29, 0.717) is 17.0 Å². The van der Waals surface area contributed by atoms with Crippen molar-refractivity contribution in [1.29, 1.82) is 0 Å². The van der Waals surface area contributed by atoms with Gasteiger partial charge in [-0.05, 0) is 42.7 Å². The summed E-state index contributed by atoms with van der Waals surface area (Å²) in [4.78, 5) is 41.7. The fourth-order valence-corrected chi connectivity index (χ4v) is 6.36. The van der Waals surface area contributed by atoms with Gasteiger partial charge in [-0.25, -0.2) is 12.7 Å². The Morgan fingerprint density at radius 2 is 1.62 bits per heavy atom. The van der Waals surface area contributed by atoms with E-state index in [1.165, 1.54) is 17.0 Å². The van der Waals surface area contributed by atoms with E-state index in [1.54, 1.807) is 36.4 Å². The van der Waals surface area contributed by atoms with Gasteiger partial charge in [0.25, 0.3) is 15.9 Å². The molecule has 0 radical (unpaired) electrons. The number of carbonyl (C=O) groups is 3. The fourth-order valence-electron chi connectivity index (χ4n) is 4.60. The minimum Gasteiger partial charge on any atom is -0.352 e. The molecule has 0 aliphatic carbocycles. The van der Waals surface area contributed by atoms with E-state index < -0.39 is 27.9 Å². The SMILES string of the molecule is CC[C@H](C)NC(=O)[C@H](Cc1ccccc1)N(Cc1ccccc1Cl)C(=O)CCN1C(=O)c2ccccc2S1(=O)=O. The summed E-state index contributed by atoms with van der Waals surface area (Å²) in [7, 11) is -4.07. The van der Waals surface area contributed by atoms with Crippen LogP contribution >= 0.6 is 11.6 Å². The number of amides is 3. The van der Waals surface area contributed by atoms with Crippen LogP contribution in [0.5, 0.6) is 0 Å². The van der Waals surface area contributed by atoms with Crippen molar-refractivity contribution >= 4 is 39.3 Å². The number of hydrogen-bond donors (Lipinski definition) is 1. The first-order chi connectivity index (χ1) is 19.1. The van der Waals surface area contributed by atoms with Crippen molar-refractivity contribution in [2.45, 2.75) is 56.6 Å². The van der Waals surface area contributed by atoms with Crippen LogP contribution < -0.4 is 5.32 Å². The smallest absolute Gasteiger partial charge is 0.269 e. The lowest BCUT2D eigenvalue weighted by Crippen LogP contribution is -2.52. The van der Waals surface area contributed by atoms with Gasteiger partial charge in [0.15, 0.2) is 0 Å². The molecule has 1 N–H and O–H groups in total. The van der Waals surface area contributed by atoms with E-state index in [2.05, 4.69) is 5.32 Å². The van der Waals surface area contributed by atoms with Crippen LogP contribution in [0.4, 0.5) is 0 Å². The topological polar surface area (TPSA) is 104 Å². The van der Waals surface area contributed by atoms with Crippen molar-refractivity contribution in [2.75, 3.05) is 6.54 Å². The molecule has 3 amide bonds. The highest BCUT2D eigenvalue weighted by atomic mass is 35.5. The zero-order valence-corrected chi connectivity index (χ0v) is 24.0. The first kappa shape index (κ1) is 29.3. The lowest BCUT2D eigenvalue weighted by molar-refractivity contribution is -0.141. The molecule has 4 rings (SSSR count). The Hall–Kier alpha value is -3.69. The van der Waals surface area contributed by atoms with E-state index in [9.17, 15) is 22.8 Å². The van der Waals surface area contributed by atoms with Gasteiger partial charge < -0.3 is 10.2 Å². The maximum absolute atomic E-state index is 13.9. The molecule has 2 atom stereocenters. The summed E-state index contributed by atoms with van der Waals surface area (Å²) < 4.78 is 26.8. The van der Waals surface area contributed by atoms with Gasteiger partial charge in [0.2, 0.25) is 11.8 Å². The summed E-state index contributed by atoms with van der Waals surface area (Å²) in [5, 5.41) is 3.43. The van der Waals surface area contributed by atoms with Crippen LogP contribution in [-0.2, 0) is 32.6 Å². The summed E-state index contributed by atoms with van der Waals surface area (Å²) >= 11 is 6.44. The zero-order valence-electron chi connectivity index (χ0n) is 22.4. The molecule has 0 saturated carbocycles. The average Bonchev–Trinajstić information content (AvgIpc) is 3.15. The molecule has 0 fully saturated rings. The molecule has 0 aromatic heterocycles. The number of hydrogen-bond acceptors (Lipinski definition) is 5. The Labute approximate surface area is 240 Å². The first-order valence-electron chi connectivity index (χ1n) is 13.2. The molecular weight excluding hydrogens is 550 g/mol. The highest BCUT2D eigenvalue weighted by Gasteiger charge is 2.41. The van der Waals surface area contributed by atoms with Crippen molar-refractivity contribution in [3.05, 3.63) is 101 Å². The molecular formula is C30H32ClN3O5S. The standard InChI is InChI=1S/C30H32ClN3O5S/c1-3-21(2)32-29(36)26(19-22-11-5-4-6-12-22)33(20-23-13-7-9-15-25(23)31)28(35)17-18-34-30(37)24-14-8-10-16-27(24)40(34,38)39/h4-16,21,26H,3,17-20H2,1-2H3,(H,32,36)/t21-,26-/m0/s1. The summed E-state index contributed by atoms with van der Waals surface area (Å²) in [5.41, 5.74) is 1.58. The Morgan fingerprint density at radius 3 is 2.30 bits per heavy atom. The first-order valence-corrected chi connectivity index (χ1v) is 15.0. The maximum Gasteiger partial charge on any atom is 0.269 e. The van der Waals surface area contributed by atoms with Gasteiger partial charge in [-0.2, -0.15) is 0 Å². The molecule has 3 aromatic carbocycles. The molecule has 1 aliphatic rings. The molecule has 40 heavy (non-hydrogen) atoms. The molecule has 0 unspecified atom stereocenters. The van der Waals surface area contributed by atoms with E-state index in [4.69, 9.17) is 11.6 Å². The maximum atomic E-state index is 13.9. The van der Waals surface area contributed by atoms with Gasteiger partial charge in [0, 0.05) is 37.0 Å². The molecule has 0 saturated heterocycles. The van der Waals surface area contributed by atoms with E-state index >= 15 is 0 Å². The van der Waals surface area contributed by atoms with Gasteiger partial charge >= 0.3 is 0 Å². The monoisotopic (exact) mass is 581 g/mol. The molecule has 0 bridgehead atoms. The van der Waals surface area contributed by atoms with Crippen LogP contribution in [0, 0.1) is 0 Å². The lowest BCUT2D eigenvalue weighted by Gasteiger charge is -2.33. The molecule has 0 spiro atoms. The summed E-state index contributed by atoms with van der Waals surface area (Å²) in [6.45, 7) is 3.53. The number of nitrogens with zero attached hydrogens (tertiary/aromatic N) is 2. The van der Waals surface area contributed by atoms with Crippen LogP contribution in [0.1, 0.15) is 48.2 Å². The second-order valence-electron chi connectivity index (χ2n) is 9.76. The Kier molecular flexibility index (Phi) is 9.27. The van der Waals surface area contributed by atoms with Crippen LogP contribution in [0.15, 0.2) is 83.8 Å². The van der Waals surface area contributed by atoms with Gasteiger partial charge in [0.05, 0.1) is 5.56 Å². The molecule has 1 heterocycles. The zero-order chi connectivity index (χ0) is 28.9. The van der Waals surface area contributed by atoms with Crippen LogP contribution in [0.25, 0.3) is 0 Å². The van der Waals surface area contributed by atoms with Crippen LogP contribution in [-0.4, -0.2) is 54.0 Å². The van der Waals surface area contributed by atoms with Crippen molar-refractivity contribution < 1.29 is 22.8 Å². The molecule has 3 aromatic rings. The second-order valence-corrected chi connectivity index (χ2v) is 12.0. The van der Waals surface area contributed by atoms with Crippen molar-refractivity contribution in [3.63, 3.8) is 0 Å². The highest BCUT2D eigenvalue weighted by Crippen LogP contribution is 2.30. The Bertz CT molecular complexity index is 1500. The minimum atomic E-state index is -4.07. The van der Waals surface area contributed by atoms with Crippen LogP contribution in [0.2, 0.25) is 5.02 Å². The summed E-state index contributed by atoms with van der Waals surface area (Å²) in [5.74, 6) is -1.47. The number of rotatable bonds is 11. The Balaban J connectivity index is 1.65. The lowest BCUT2D eigenvalue weighted by atomic mass is 10.0. The van der Waals surface area contributed by atoms with Crippen LogP contribution in [0.3, 0.4) is 0 Å². The third-order valence-corrected chi connectivity index (χ3v) is 9.22. The van der Waals surface area contributed by atoms with Gasteiger partial charge in [-0.3, -0.25) is 14.4 Å². The van der Waals surface area contributed by atoms with E-state index in [-0.39, 0.29) is 48.3 Å². The Morgan fingerprint density at radius 1 is 0.975 bits per heavy atom. The van der Waals surface area contributed by atoms with Gasteiger partial charge in [-0.15, -0.1) is 0 Å². The largest absolute Gasteiger partial charge is 0.352 e. The minimum absolute atomic E-state index is 0.0326. The number of benzene rings is 3. The predicted molar refractivity (Wildman–Crippen MR) is 153 cm³/mol. The predicted octanol–water partition coefficient (Wildman–Crippen LogP) is 4.43. The molecule has 8 nitrogen and oxygen atoms in total. The van der Waals surface area contributed by atoms with Gasteiger partial charge in [-0.1, -0.05) is 79.2 Å². The molecule has 10 heteroatoms. The molecule has 1 aliphatic heterocycles. The van der Waals surface area contributed by atoms with Crippen molar-refractivity contribution in [1.82, 2.24) is 14.5 Å². The van der Waals surface area contributed by atoms with Gasteiger partial charge in [0.1, 0.15) is 10.9 Å². The fraction of sp³-hybridized carbons (Fsp3) is 0.300. The number of halogens is 1. The van der Waals surface area contributed by atoms with E-state index in [0.717, 1.165) is 9.87 Å².